The first-order chi connectivity index (χ1) is 16.1. The predicted molar refractivity (Wildman–Crippen MR) is 131 cm³/mol. The highest BCUT2D eigenvalue weighted by atomic mass is 16.5. The number of rotatable bonds is 12. The smallest absolute Gasteiger partial charge is 0.343 e. The Morgan fingerprint density at radius 2 is 1.67 bits per heavy atom. The molecule has 0 aliphatic carbocycles. The Hall–Kier alpha value is -3.41. The fourth-order valence-corrected chi connectivity index (χ4v) is 3.36. The first-order valence-corrected chi connectivity index (χ1v) is 11.1. The lowest BCUT2D eigenvalue weighted by Crippen LogP contribution is -2.10. The zero-order valence-corrected chi connectivity index (χ0v) is 19.0. The van der Waals surface area contributed by atoms with Gasteiger partial charge >= 0.3 is 5.97 Å². The first-order valence-electron chi connectivity index (χ1n) is 11.1. The molecule has 3 rings (SSSR count). The first kappa shape index (κ1) is 24.2. The molecule has 0 bridgehead atoms. The van der Waals surface area contributed by atoms with Crippen molar-refractivity contribution in [3.8, 4) is 22.6 Å². The standard InChI is InChI=1S/C28H30O5/c1-3-5-21-6-8-23(9-7-21)25-12-15-27(22(4-2)20-25)33-28(30)24-10-13-26(14-11-24)32-19-18-31-17-16-29/h4,6-15,20,29H,2-3,5,16-19H2,1H3. The third-order valence-corrected chi connectivity index (χ3v) is 5.08. The third-order valence-electron chi connectivity index (χ3n) is 5.08. The number of carbonyl (C=O) groups is 1. The third kappa shape index (κ3) is 7.04. The normalized spacial score (nSPS) is 10.6. The van der Waals surface area contributed by atoms with Crippen LogP contribution in [0.1, 0.15) is 34.8 Å². The van der Waals surface area contributed by atoms with E-state index in [0.29, 0.717) is 30.3 Å². The molecule has 0 spiro atoms. The predicted octanol–water partition coefficient (Wildman–Crippen LogP) is 5.56. The van der Waals surface area contributed by atoms with Gasteiger partial charge in [0.05, 0.1) is 25.4 Å². The second-order valence-corrected chi connectivity index (χ2v) is 7.50. The van der Waals surface area contributed by atoms with Crippen molar-refractivity contribution in [1.82, 2.24) is 0 Å². The van der Waals surface area contributed by atoms with E-state index in [4.69, 9.17) is 19.3 Å². The number of carbonyl (C=O) groups excluding carboxylic acids is 1. The maximum absolute atomic E-state index is 12.6. The van der Waals surface area contributed by atoms with E-state index in [1.54, 1.807) is 36.4 Å². The van der Waals surface area contributed by atoms with Crippen LogP contribution in [0.4, 0.5) is 0 Å². The Morgan fingerprint density at radius 3 is 2.33 bits per heavy atom. The van der Waals surface area contributed by atoms with Crippen molar-refractivity contribution < 1.29 is 24.1 Å². The monoisotopic (exact) mass is 446 g/mol. The SMILES string of the molecule is C=Cc1cc(-c2ccc(CCC)cc2)ccc1OC(=O)c1ccc(OCCOCCO)cc1. The summed E-state index contributed by atoms with van der Waals surface area (Å²) in [6, 6.07) is 21.0. The van der Waals surface area contributed by atoms with Gasteiger partial charge in [0.1, 0.15) is 18.1 Å². The van der Waals surface area contributed by atoms with E-state index in [9.17, 15) is 4.79 Å². The summed E-state index contributed by atoms with van der Waals surface area (Å²) in [7, 11) is 0. The lowest BCUT2D eigenvalue weighted by atomic mass is 10.00. The topological polar surface area (TPSA) is 65.0 Å². The van der Waals surface area contributed by atoms with Gasteiger partial charge in [-0.1, -0.05) is 56.3 Å². The number of hydrogen-bond acceptors (Lipinski definition) is 5. The minimum atomic E-state index is -0.451. The van der Waals surface area contributed by atoms with Crippen LogP contribution >= 0.6 is 0 Å². The second-order valence-electron chi connectivity index (χ2n) is 7.50. The summed E-state index contributed by atoms with van der Waals surface area (Å²) in [5.74, 6) is 0.635. The number of hydrogen-bond donors (Lipinski definition) is 1. The molecule has 0 atom stereocenters. The Balaban J connectivity index is 1.63. The van der Waals surface area contributed by atoms with E-state index in [-0.39, 0.29) is 13.2 Å². The number of aliphatic hydroxyl groups excluding tert-OH is 1. The lowest BCUT2D eigenvalue weighted by molar-refractivity contribution is 0.0704. The van der Waals surface area contributed by atoms with Crippen LogP contribution in [0, 0.1) is 0 Å². The van der Waals surface area contributed by atoms with Gasteiger partial charge in [-0.05, 0) is 59.5 Å². The molecule has 0 saturated heterocycles. The Bertz CT molecular complexity index is 1040. The van der Waals surface area contributed by atoms with Crippen LogP contribution in [0.5, 0.6) is 11.5 Å². The van der Waals surface area contributed by atoms with Crippen molar-refractivity contribution in [2.75, 3.05) is 26.4 Å². The van der Waals surface area contributed by atoms with Crippen LogP contribution in [0.2, 0.25) is 0 Å². The molecule has 0 heterocycles. The van der Waals surface area contributed by atoms with Crippen molar-refractivity contribution in [3.63, 3.8) is 0 Å². The summed E-state index contributed by atoms with van der Waals surface area (Å²) in [4.78, 5) is 12.6. The molecule has 0 aliphatic rings. The van der Waals surface area contributed by atoms with Crippen molar-refractivity contribution in [2.45, 2.75) is 19.8 Å². The molecule has 0 fully saturated rings. The molecule has 5 nitrogen and oxygen atoms in total. The van der Waals surface area contributed by atoms with E-state index in [0.717, 1.165) is 29.5 Å². The molecule has 0 amide bonds. The molecule has 3 aromatic carbocycles. The van der Waals surface area contributed by atoms with E-state index in [1.165, 1.54) is 5.56 Å². The molecular formula is C28H30O5. The molecule has 172 valence electrons. The van der Waals surface area contributed by atoms with E-state index >= 15 is 0 Å². The molecule has 5 heteroatoms. The number of aliphatic hydroxyl groups is 1. The van der Waals surface area contributed by atoms with Gasteiger partial charge in [-0.25, -0.2) is 4.79 Å². The minimum absolute atomic E-state index is 0.0146. The van der Waals surface area contributed by atoms with Crippen LogP contribution in [0.15, 0.2) is 73.3 Å². The van der Waals surface area contributed by atoms with E-state index in [2.05, 4.69) is 37.8 Å². The average molecular weight is 447 g/mol. The van der Waals surface area contributed by atoms with Crippen LogP contribution in [-0.2, 0) is 11.2 Å². The Kier molecular flexibility index (Phi) is 9.24. The molecule has 0 aliphatic heterocycles. The molecule has 0 unspecified atom stereocenters. The zero-order valence-electron chi connectivity index (χ0n) is 19.0. The van der Waals surface area contributed by atoms with Gasteiger partial charge in [0.15, 0.2) is 0 Å². The molecule has 1 N–H and O–H groups in total. The largest absolute Gasteiger partial charge is 0.491 e. The average Bonchev–Trinajstić information content (AvgIpc) is 2.85. The van der Waals surface area contributed by atoms with E-state index < -0.39 is 5.97 Å². The molecule has 3 aromatic rings. The zero-order chi connectivity index (χ0) is 23.5. The highest BCUT2D eigenvalue weighted by Crippen LogP contribution is 2.29. The van der Waals surface area contributed by atoms with Crippen molar-refractivity contribution in [2.24, 2.45) is 0 Å². The second kappa shape index (κ2) is 12.6. The van der Waals surface area contributed by atoms with Crippen LogP contribution in [-0.4, -0.2) is 37.5 Å². The van der Waals surface area contributed by atoms with Gasteiger partial charge in [-0.2, -0.15) is 0 Å². The summed E-state index contributed by atoms with van der Waals surface area (Å²) >= 11 is 0. The number of aryl methyl sites for hydroxylation is 1. The van der Waals surface area contributed by atoms with Gasteiger partial charge in [-0.3, -0.25) is 0 Å². The lowest BCUT2D eigenvalue weighted by Gasteiger charge is -2.11. The fourth-order valence-electron chi connectivity index (χ4n) is 3.36. The van der Waals surface area contributed by atoms with Gasteiger partial charge < -0.3 is 19.3 Å². The number of esters is 1. The molecule has 33 heavy (non-hydrogen) atoms. The summed E-state index contributed by atoms with van der Waals surface area (Å²) in [5.41, 5.74) is 4.64. The number of benzene rings is 3. The maximum atomic E-state index is 12.6. The highest BCUT2D eigenvalue weighted by Gasteiger charge is 2.12. The summed E-state index contributed by atoms with van der Waals surface area (Å²) in [6.07, 6.45) is 3.88. The van der Waals surface area contributed by atoms with Gasteiger partial charge in [-0.15, -0.1) is 0 Å². The van der Waals surface area contributed by atoms with E-state index in [1.807, 2.05) is 12.1 Å². The summed E-state index contributed by atoms with van der Waals surface area (Å²) < 4.78 is 16.3. The molecule has 0 aromatic heterocycles. The quantitative estimate of drug-likeness (QED) is 0.224. The van der Waals surface area contributed by atoms with Gasteiger partial charge in [0.2, 0.25) is 0 Å². The Morgan fingerprint density at radius 1 is 0.939 bits per heavy atom. The van der Waals surface area contributed by atoms with Crippen molar-refractivity contribution in [1.29, 1.82) is 0 Å². The molecule has 0 radical (unpaired) electrons. The van der Waals surface area contributed by atoms with Crippen LogP contribution in [0.3, 0.4) is 0 Å². The number of ether oxygens (including phenoxy) is 3. The minimum Gasteiger partial charge on any atom is -0.491 e. The molecular weight excluding hydrogens is 416 g/mol. The highest BCUT2D eigenvalue weighted by molar-refractivity contribution is 5.91. The van der Waals surface area contributed by atoms with Crippen molar-refractivity contribution >= 4 is 12.0 Å². The summed E-state index contributed by atoms with van der Waals surface area (Å²) in [6.45, 7) is 7.06. The van der Waals surface area contributed by atoms with Gasteiger partial charge in [0.25, 0.3) is 0 Å². The Labute approximate surface area is 195 Å². The van der Waals surface area contributed by atoms with Crippen molar-refractivity contribution in [3.05, 3.63) is 90.0 Å². The fraction of sp³-hybridized carbons (Fsp3) is 0.250. The van der Waals surface area contributed by atoms with Crippen LogP contribution in [0.25, 0.3) is 17.2 Å². The van der Waals surface area contributed by atoms with Gasteiger partial charge in [0, 0.05) is 5.56 Å². The van der Waals surface area contributed by atoms with Crippen LogP contribution < -0.4 is 9.47 Å². The summed E-state index contributed by atoms with van der Waals surface area (Å²) in [5, 5.41) is 8.68. The maximum Gasteiger partial charge on any atom is 0.343 e. The molecule has 0 saturated carbocycles.